The van der Waals surface area contributed by atoms with Crippen LogP contribution in [0.4, 0.5) is 0 Å². The lowest BCUT2D eigenvalue weighted by atomic mass is 9.99. The molecule has 3 aromatic rings. The Hall–Kier alpha value is -2.34. The Labute approximate surface area is 227 Å². The van der Waals surface area contributed by atoms with E-state index in [0.29, 0.717) is 17.8 Å². The molecule has 36 heavy (non-hydrogen) atoms. The van der Waals surface area contributed by atoms with Crippen molar-refractivity contribution in [2.75, 3.05) is 0 Å². The van der Waals surface area contributed by atoms with Gasteiger partial charge in [0.15, 0.2) is 0 Å². The van der Waals surface area contributed by atoms with Crippen LogP contribution in [0.15, 0.2) is 72.8 Å². The van der Waals surface area contributed by atoms with Gasteiger partial charge in [-0.15, -0.1) is 0 Å². The first-order valence-corrected chi connectivity index (χ1v) is 14.3. The number of benzene rings is 3. The normalized spacial score (nSPS) is 9.17. The Balaban J connectivity index is -0.000000410. The standard InChI is InChI=1S/3C10H14.3C2H6/c1-8(2)10-6-4-9(3)5-7-10;1-8(2)10-6-4-5-9(3)7-10;1-8(2)10-7-5-4-6-9(10)3;3*1-2/h3*4-8H,1-3H3;3*1-2H3. The van der Waals surface area contributed by atoms with Gasteiger partial charge in [0.1, 0.15) is 0 Å². The zero-order chi connectivity index (χ0) is 28.7. The van der Waals surface area contributed by atoms with E-state index in [-0.39, 0.29) is 0 Å². The molecule has 3 rings (SSSR count). The summed E-state index contributed by atoms with van der Waals surface area (Å²) < 4.78 is 0. The third-order valence-electron chi connectivity index (χ3n) is 5.26. The molecule has 0 fully saturated rings. The summed E-state index contributed by atoms with van der Waals surface area (Å²) in [5.74, 6) is 1.96. The summed E-state index contributed by atoms with van der Waals surface area (Å²) in [6.07, 6.45) is 0. The molecule has 0 spiro atoms. The van der Waals surface area contributed by atoms with Gasteiger partial charge >= 0.3 is 0 Å². The summed E-state index contributed by atoms with van der Waals surface area (Å²) in [4.78, 5) is 0. The van der Waals surface area contributed by atoms with Crippen molar-refractivity contribution in [1.29, 1.82) is 0 Å². The van der Waals surface area contributed by atoms with Gasteiger partial charge in [-0.3, -0.25) is 0 Å². The number of hydrogen-bond acceptors (Lipinski definition) is 0. The van der Waals surface area contributed by atoms with E-state index in [2.05, 4.69) is 135 Å². The van der Waals surface area contributed by atoms with Crippen LogP contribution < -0.4 is 0 Å². The number of aryl methyl sites for hydroxylation is 3. The largest absolute Gasteiger partial charge is 0.0683 e. The Morgan fingerprint density at radius 2 is 0.889 bits per heavy atom. The molecule has 204 valence electrons. The van der Waals surface area contributed by atoms with Crippen molar-refractivity contribution in [3.05, 3.63) is 106 Å². The van der Waals surface area contributed by atoms with Crippen molar-refractivity contribution in [2.24, 2.45) is 0 Å². The van der Waals surface area contributed by atoms with Gasteiger partial charge in [0.2, 0.25) is 0 Å². The molecule has 0 amide bonds. The third-order valence-corrected chi connectivity index (χ3v) is 5.26. The average molecular weight is 493 g/mol. The zero-order valence-electron chi connectivity index (χ0n) is 26.7. The molecule has 0 atom stereocenters. The molecular weight excluding hydrogens is 432 g/mol. The molecule has 0 nitrogen and oxygen atoms in total. The minimum absolute atomic E-state index is 0.653. The summed E-state index contributed by atoms with van der Waals surface area (Å²) in [6.45, 7) is 31.7. The van der Waals surface area contributed by atoms with Gasteiger partial charge in [-0.25, -0.2) is 0 Å². The smallest absolute Gasteiger partial charge is 0.0216 e. The van der Waals surface area contributed by atoms with Crippen LogP contribution in [0.1, 0.15) is 134 Å². The molecule has 0 bridgehead atoms. The van der Waals surface area contributed by atoms with E-state index in [1.807, 2.05) is 41.5 Å². The molecule has 0 heteroatoms. The van der Waals surface area contributed by atoms with Crippen molar-refractivity contribution in [2.45, 2.75) is 122 Å². The SMILES string of the molecule is CC.CC.CC.Cc1ccc(C(C)C)cc1.Cc1cccc(C(C)C)c1.Cc1ccccc1C(C)C. The van der Waals surface area contributed by atoms with Crippen LogP contribution in [0.3, 0.4) is 0 Å². The summed E-state index contributed by atoms with van der Waals surface area (Å²) in [5, 5.41) is 0. The first kappa shape index (κ1) is 38.2. The van der Waals surface area contributed by atoms with Crippen LogP contribution in [0, 0.1) is 20.8 Å². The van der Waals surface area contributed by atoms with Gasteiger partial charge in [-0.05, 0) is 60.8 Å². The summed E-state index contributed by atoms with van der Waals surface area (Å²) in [7, 11) is 0. The van der Waals surface area contributed by atoms with E-state index in [9.17, 15) is 0 Å². The number of rotatable bonds is 3. The maximum absolute atomic E-state index is 2.24. The first-order valence-electron chi connectivity index (χ1n) is 14.3. The molecule has 0 aliphatic heterocycles. The van der Waals surface area contributed by atoms with Gasteiger partial charge in [0.25, 0.3) is 0 Å². The topological polar surface area (TPSA) is 0 Å². The van der Waals surface area contributed by atoms with Crippen molar-refractivity contribution < 1.29 is 0 Å². The third kappa shape index (κ3) is 18.0. The average Bonchev–Trinajstić information content (AvgIpc) is 2.89. The molecule has 0 aliphatic carbocycles. The Bertz CT molecular complexity index is 851. The van der Waals surface area contributed by atoms with Crippen LogP contribution in [0.5, 0.6) is 0 Å². The fourth-order valence-electron chi connectivity index (χ4n) is 3.22. The quantitative estimate of drug-likeness (QED) is 0.341. The Kier molecular flexibility index (Phi) is 25.8. The Morgan fingerprint density at radius 3 is 1.22 bits per heavy atom. The lowest BCUT2D eigenvalue weighted by Crippen LogP contribution is -1.89. The second kappa shape index (κ2) is 24.4. The van der Waals surface area contributed by atoms with Gasteiger partial charge in [-0.2, -0.15) is 0 Å². The lowest BCUT2D eigenvalue weighted by Gasteiger charge is -2.07. The number of hydrogen-bond donors (Lipinski definition) is 0. The van der Waals surface area contributed by atoms with E-state index >= 15 is 0 Å². The summed E-state index contributed by atoms with van der Waals surface area (Å²) in [5.41, 5.74) is 8.40. The zero-order valence-corrected chi connectivity index (χ0v) is 26.7. The molecule has 0 aliphatic rings. The highest BCUT2D eigenvalue weighted by Crippen LogP contribution is 2.17. The van der Waals surface area contributed by atoms with Crippen LogP contribution >= 0.6 is 0 Å². The van der Waals surface area contributed by atoms with Crippen molar-refractivity contribution in [3.63, 3.8) is 0 Å². The molecule has 0 aromatic heterocycles. The second-order valence-electron chi connectivity index (χ2n) is 9.15. The van der Waals surface area contributed by atoms with Gasteiger partial charge in [-0.1, -0.05) is 167 Å². The monoisotopic (exact) mass is 492 g/mol. The van der Waals surface area contributed by atoms with Crippen LogP contribution in [-0.2, 0) is 0 Å². The maximum Gasteiger partial charge on any atom is -0.0216 e. The van der Waals surface area contributed by atoms with Crippen molar-refractivity contribution in [1.82, 2.24) is 0 Å². The predicted molar refractivity (Wildman–Crippen MR) is 170 cm³/mol. The van der Waals surface area contributed by atoms with Crippen molar-refractivity contribution in [3.8, 4) is 0 Å². The van der Waals surface area contributed by atoms with Gasteiger partial charge in [0, 0.05) is 0 Å². The van der Waals surface area contributed by atoms with E-state index in [4.69, 9.17) is 0 Å². The first-order chi connectivity index (χ1) is 17.1. The minimum atomic E-state index is 0.653. The van der Waals surface area contributed by atoms with E-state index in [1.54, 1.807) is 0 Å². The lowest BCUT2D eigenvalue weighted by molar-refractivity contribution is 0.856. The molecule has 0 N–H and O–H groups in total. The van der Waals surface area contributed by atoms with E-state index in [1.165, 1.54) is 33.4 Å². The molecule has 0 unspecified atom stereocenters. The second-order valence-corrected chi connectivity index (χ2v) is 9.15. The molecule has 0 saturated heterocycles. The fraction of sp³-hybridized carbons (Fsp3) is 0.500. The van der Waals surface area contributed by atoms with Crippen LogP contribution in [0.2, 0.25) is 0 Å². The fourth-order valence-corrected chi connectivity index (χ4v) is 3.22. The highest BCUT2D eigenvalue weighted by molar-refractivity contribution is 5.28. The highest BCUT2D eigenvalue weighted by atomic mass is 14.0. The Morgan fingerprint density at radius 1 is 0.417 bits per heavy atom. The van der Waals surface area contributed by atoms with Gasteiger partial charge in [0.05, 0.1) is 0 Å². The molecule has 0 radical (unpaired) electrons. The van der Waals surface area contributed by atoms with Crippen LogP contribution in [-0.4, -0.2) is 0 Å². The van der Waals surface area contributed by atoms with E-state index in [0.717, 1.165) is 0 Å². The van der Waals surface area contributed by atoms with Gasteiger partial charge < -0.3 is 0 Å². The molecule has 0 saturated carbocycles. The summed E-state index contributed by atoms with van der Waals surface area (Å²) in [6, 6.07) is 25.9. The van der Waals surface area contributed by atoms with Crippen LogP contribution in [0.25, 0.3) is 0 Å². The van der Waals surface area contributed by atoms with Crippen molar-refractivity contribution >= 4 is 0 Å². The summed E-state index contributed by atoms with van der Waals surface area (Å²) >= 11 is 0. The predicted octanol–water partition coefficient (Wildman–Crippen LogP) is 12.4. The van der Waals surface area contributed by atoms with E-state index < -0.39 is 0 Å². The maximum atomic E-state index is 2.24. The molecule has 0 heterocycles. The molecular formula is C36H60. The highest BCUT2D eigenvalue weighted by Gasteiger charge is 1.99. The minimum Gasteiger partial charge on any atom is -0.0683 e. The molecule has 3 aromatic carbocycles.